The van der Waals surface area contributed by atoms with Crippen molar-refractivity contribution in [1.82, 2.24) is 24.3 Å². The highest BCUT2D eigenvalue weighted by atomic mass is 15.4. The van der Waals surface area contributed by atoms with E-state index in [-0.39, 0.29) is 6.04 Å². The minimum Gasteiger partial charge on any atom is -0.369 e. The zero-order valence-corrected chi connectivity index (χ0v) is 11.7. The molecule has 0 saturated carbocycles. The normalized spacial score (nSPS) is 11.4. The Morgan fingerprint density at radius 1 is 1.30 bits per heavy atom. The SMILES string of the molecule is CC(C)n1cnc(Nc2cccc3c2nc(N)n3C)n1. The summed E-state index contributed by atoms with van der Waals surface area (Å²) in [7, 11) is 1.89. The molecule has 2 heterocycles. The maximum absolute atomic E-state index is 5.85. The standard InChI is InChI=1S/C13H17N7/c1-8(2)20-7-15-13(18-20)16-9-5-4-6-10-11(9)17-12(14)19(10)3/h4-8H,1-3H3,(H2,14,17)(H,16,18). The van der Waals surface area contributed by atoms with Crippen LogP contribution in [0.1, 0.15) is 19.9 Å². The molecule has 104 valence electrons. The highest BCUT2D eigenvalue weighted by Gasteiger charge is 2.11. The van der Waals surface area contributed by atoms with Crippen LogP contribution in [0, 0.1) is 0 Å². The number of fused-ring (bicyclic) bond motifs is 1. The van der Waals surface area contributed by atoms with Crippen molar-refractivity contribution in [2.75, 3.05) is 11.1 Å². The first-order valence-electron chi connectivity index (χ1n) is 6.45. The molecule has 0 aliphatic heterocycles. The molecule has 1 aromatic carbocycles. The van der Waals surface area contributed by atoms with Gasteiger partial charge in [0.2, 0.25) is 11.9 Å². The van der Waals surface area contributed by atoms with Crippen LogP contribution >= 0.6 is 0 Å². The zero-order chi connectivity index (χ0) is 14.3. The number of anilines is 3. The summed E-state index contributed by atoms with van der Waals surface area (Å²) in [5, 5.41) is 7.56. The molecule has 0 fully saturated rings. The Morgan fingerprint density at radius 2 is 2.10 bits per heavy atom. The first-order valence-corrected chi connectivity index (χ1v) is 6.45. The number of nitrogen functional groups attached to an aromatic ring is 1. The van der Waals surface area contributed by atoms with Crippen LogP contribution in [0.2, 0.25) is 0 Å². The van der Waals surface area contributed by atoms with Crippen LogP contribution in [-0.2, 0) is 7.05 Å². The fourth-order valence-corrected chi connectivity index (χ4v) is 2.03. The summed E-state index contributed by atoms with van der Waals surface area (Å²) < 4.78 is 3.65. The highest BCUT2D eigenvalue weighted by molar-refractivity contribution is 5.91. The van der Waals surface area contributed by atoms with Crippen LogP contribution in [0.25, 0.3) is 11.0 Å². The molecular weight excluding hydrogens is 254 g/mol. The number of imidazole rings is 1. The quantitative estimate of drug-likeness (QED) is 0.761. The van der Waals surface area contributed by atoms with Crippen LogP contribution in [0.3, 0.4) is 0 Å². The van der Waals surface area contributed by atoms with E-state index in [1.54, 1.807) is 11.0 Å². The van der Waals surface area contributed by atoms with Gasteiger partial charge in [0.15, 0.2) is 0 Å². The van der Waals surface area contributed by atoms with Crippen molar-refractivity contribution in [2.45, 2.75) is 19.9 Å². The Kier molecular flexibility index (Phi) is 2.81. The van der Waals surface area contributed by atoms with E-state index >= 15 is 0 Å². The molecule has 0 amide bonds. The lowest BCUT2D eigenvalue weighted by Crippen LogP contribution is -2.02. The van der Waals surface area contributed by atoms with E-state index in [1.165, 1.54) is 0 Å². The molecule has 0 radical (unpaired) electrons. The molecule has 0 unspecified atom stereocenters. The Balaban J connectivity index is 1.99. The van der Waals surface area contributed by atoms with E-state index < -0.39 is 0 Å². The third-order valence-corrected chi connectivity index (χ3v) is 3.23. The third-order valence-electron chi connectivity index (χ3n) is 3.23. The van der Waals surface area contributed by atoms with Gasteiger partial charge in [-0.1, -0.05) is 6.07 Å². The summed E-state index contributed by atoms with van der Waals surface area (Å²) >= 11 is 0. The van der Waals surface area contributed by atoms with Crippen LogP contribution < -0.4 is 11.1 Å². The minimum atomic E-state index is 0.277. The largest absolute Gasteiger partial charge is 0.369 e. The average Bonchev–Trinajstić information content (AvgIpc) is 2.98. The van der Waals surface area contributed by atoms with Gasteiger partial charge in [-0.05, 0) is 26.0 Å². The van der Waals surface area contributed by atoms with Crippen molar-refractivity contribution in [3.8, 4) is 0 Å². The van der Waals surface area contributed by atoms with Gasteiger partial charge in [-0.25, -0.2) is 14.6 Å². The molecule has 7 heteroatoms. The van der Waals surface area contributed by atoms with Crippen LogP contribution in [0.5, 0.6) is 0 Å². The van der Waals surface area contributed by atoms with Gasteiger partial charge in [0.25, 0.3) is 0 Å². The van der Waals surface area contributed by atoms with E-state index in [2.05, 4.69) is 34.2 Å². The number of nitrogens with two attached hydrogens (primary N) is 1. The van der Waals surface area contributed by atoms with Gasteiger partial charge in [0, 0.05) is 13.1 Å². The van der Waals surface area contributed by atoms with Crippen LogP contribution in [0.15, 0.2) is 24.5 Å². The van der Waals surface area contributed by atoms with Crippen molar-refractivity contribution < 1.29 is 0 Å². The molecule has 0 spiro atoms. The molecule has 3 aromatic rings. The summed E-state index contributed by atoms with van der Waals surface area (Å²) in [5.41, 5.74) is 8.47. The predicted octanol–water partition coefficient (Wildman–Crippen LogP) is 2.07. The number of para-hydroxylation sites is 1. The van der Waals surface area contributed by atoms with E-state index in [0.717, 1.165) is 16.7 Å². The lowest BCUT2D eigenvalue weighted by Gasteiger charge is -2.04. The summed E-state index contributed by atoms with van der Waals surface area (Å²) in [4.78, 5) is 8.61. The number of nitrogens with zero attached hydrogens (tertiary/aromatic N) is 5. The fourth-order valence-electron chi connectivity index (χ4n) is 2.03. The topological polar surface area (TPSA) is 86.6 Å². The maximum Gasteiger partial charge on any atom is 0.246 e. The lowest BCUT2D eigenvalue weighted by atomic mass is 10.2. The van der Waals surface area contributed by atoms with Gasteiger partial charge in [0.05, 0.1) is 11.2 Å². The van der Waals surface area contributed by atoms with Gasteiger partial charge >= 0.3 is 0 Å². The monoisotopic (exact) mass is 271 g/mol. The zero-order valence-electron chi connectivity index (χ0n) is 11.7. The minimum absolute atomic E-state index is 0.277. The number of aromatic nitrogens is 5. The summed E-state index contributed by atoms with van der Waals surface area (Å²) in [6, 6.07) is 6.14. The predicted molar refractivity (Wildman–Crippen MR) is 78.8 cm³/mol. The third kappa shape index (κ3) is 1.97. The second kappa shape index (κ2) is 4.52. The Bertz CT molecular complexity index is 753. The maximum atomic E-state index is 5.85. The number of benzene rings is 1. The molecule has 0 atom stereocenters. The van der Waals surface area contributed by atoms with Crippen molar-refractivity contribution in [3.05, 3.63) is 24.5 Å². The average molecular weight is 271 g/mol. The Hall–Kier alpha value is -2.57. The number of nitrogens with one attached hydrogen (secondary N) is 1. The molecule has 0 aliphatic rings. The molecule has 0 saturated heterocycles. The smallest absolute Gasteiger partial charge is 0.246 e. The van der Waals surface area contributed by atoms with Gasteiger partial charge < -0.3 is 15.6 Å². The van der Waals surface area contributed by atoms with E-state index in [0.29, 0.717) is 11.9 Å². The van der Waals surface area contributed by atoms with Crippen LogP contribution in [0.4, 0.5) is 17.6 Å². The number of hydrogen-bond donors (Lipinski definition) is 2. The first-order chi connectivity index (χ1) is 9.56. The molecule has 0 bridgehead atoms. The van der Waals surface area contributed by atoms with Crippen molar-refractivity contribution in [1.29, 1.82) is 0 Å². The molecule has 3 N–H and O–H groups in total. The summed E-state index contributed by atoms with van der Waals surface area (Å²) in [6.07, 6.45) is 1.71. The second-order valence-electron chi connectivity index (χ2n) is 4.97. The van der Waals surface area contributed by atoms with Gasteiger partial charge in [-0.15, -0.1) is 5.10 Å². The molecule has 3 rings (SSSR count). The number of aryl methyl sites for hydroxylation is 1. The number of rotatable bonds is 3. The summed E-state index contributed by atoms with van der Waals surface area (Å²) in [5.74, 6) is 1.03. The molecule has 0 aliphatic carbocycles. The number of hydrogen-bond acceptors (Lipinski definition) is 5. The molecule has 7 nitrogen and oxygen atoms in total. The Labute approximate surface area is 116 Å². The van der Waals surface area contributed by atoms with Gasteiger partial charge in [-0.3, -0.25) is 0 Å². The van der Waals surface area contributed by atoms with E-state index in [1.807, 2.05) is 29.8 Å². The van der Waals surface area contributed by atoms with E-state index in [4.69, 9.17) is 5.73 Å². The van der Waals surface area contributed by atoms with Crippen molar-refractivity contribution in [3.63, 3.8) is 0 Å². The Morgan fingerprint density at radius 3 is 2.80 bits per heavy atom. The van der Waals surface area contributed by atoms with Crippen molar-refractivity contribution >= 4 is 28.6 Å². The van der Waals surface area contributed by atoms with E-state index in [9.17, 15) is 0 Å². The molecule has 2 aromatic heterocycles. The summed E-state index contributed by atoms with van der Waals surface area (Å²) in [6.45, 7) is 4.11. The van der Waals surface area contributed by atoms with Crippen LogP contribution in [-0.4, -0.2) is 24.3 Å². The fraction of sp³-hybridized carbons (Fsp3) is 0.308. The molecular formula is C13H17N7. The lowest BCUT2D eigenvalue weighted by molar-refractivity contribution is 0.532. The second-order valence-corrected chi connectivity index (χ2v) is 4.97. The van der Waals surface area contributed by atoms with Gasteiger partial charge in [0.1, 0.15) is 11.8 Å². The highest BCUT2D eigenvalue weighted by Crippen LogP contribution is 2.25. The van der Waals surface area contributed by atoms with Gasteiger partial charge in [-0.2, -0.15) is 0 Å². The van der Waals surface area contributed by atoms with Crippen molar-refractivity contribution in [2.24, 2.45) is 7.05 Å². The molecule has 20 heavy (non-hydrogen) atoms. The first kappa shape index (κ1) is 12.5.